The van der Waals surface area contributed by atoms with E-state index in [0.29, 0.717) is 6.42 Å². The molecule has 0 aliphatic heterocycles. The molecule has 0 aliphatic carbocycles. The van der Waals surface area contributed by atoms with Crippen LogP contribution in [0, 0.1) is 6.92 Å². The van der Waals surface area contributed by atoms with E-state index in [1.165, 1.54) is 5.56 Å². The van der Waals surface area contributed by atoms with Gasteiger partial charge in [0.2, 0.25) is 5.91 Å². The van der Waals surface area contributed by atoms with Crippen LogP contribution in [0.1, 0.15) is 25.3 Å². The molecule has 0 aliphatic rings. The number of rotatable bonds is 6. The Morgan fingerprint density at radius 1 is 1.35 bits per heavy atom. The SMILES string of the molecule is CCCNCCC(=O)Nc1ccc(C)cc1Br. The molecule has 1 aromatic carbocycles. The van der Waals surface area contributed by atoms with Crippen molar-refractivity contribution < 1.29 is 4.79 Å². The number of amides is 1. The van der Waals surface area contributed by atoms with E-state index in [4.69, 9.17) is 0 Å². The van der Waals surface area contributed by atoms with Gasteiger partial charge in [-0.25, -0.2) is 0 Å². The first-order valence-electron chi connectivity index (χ1n) is 5.90. The summed E-state index contributed by atoms with van der Waals surface area (Å²) in [5, 5.41) is 6.09. The number of hydrogen-bond donors (Lipinski definition) is 2. The highest BCUT2D eigenvalue weighted by Crippen LogP contribution is 2.23. The third-order valence-electron chi connectivity index (χ3n) is 2.35. The number of carbonyl (C=O) groups is 1. The largest absolute Gasteiger partial charge is 0.325 e. The first kappa shape index (κ1) is 14.2. The molecular weight excluding hydrogens is 280 g/mol. The van der Waals surface area contributed by atoms with Crippen molar-refractivity contribution in [3.8, 4) is 0 Å². The molecule has 0 atom stereocenters. The number of hydrogen-bond acceptors (Lipinski definition) is 2. The summed E-state index contributed by atoms with van der Waals surface area (Å²) in [7, 11) is 0. The standard InChI is InChI=1S/C13H19BrN2O/c1-3-7-15-8-6-13(17)16-12-5-4-10(2)9-11(12)14/h4-5,9,15H,3,6-8H2,1-2H3,(H,16,17). The fourth-order valence-corrected chi connectivity index (χ4v) is 2.03. The van der Waals surface area contributed by atoms with Crippen LogP contribution in [0.4, 0.5) is 5.69 Å². The highest BCUT2D eigenvalue weighted by Gasteiger charge is 2.04. The Morgan fingerprint density at radius 2 is 2.12 bits per heavy atom. The second-order valence-corrected chi connectivity index (χ2v) is 4.89. The molecule has 1 aromatic rings. The lowest BCUT2D eigenvalue weighted by Gasteiger charge is -2.08. The Balaban J connectivity index is 2.40. The van der Waals surface area contributed by atoms with Crippen LogP contribution >= 0.6 is 15.9 Å². The Hall–Kier alpha value is -0.870. The summed E-state index contributed by atoms with van der Waals surface area (Å²) in [6.07, 6.45) is 1.59. The van der Waals surface area contributed by atoms with Gasteiger partial charge in [0, 0.05) is 17.4 Å². The molecule has 17 heavy (non-hydrogen) atoms. The normalized spacial score (nSPS) is 10.3. The van der Waals surface area contributed by atoms with Crippen LogP contribution < -0.4 is 10.6 Å². The fourth-order valence-electron chi connectivity index (χ4n) is 1.44. The minimum atomic E-state index is 0.0400. The Labute approximate surface area is 111 Å². The van der Waals surface area contributed by atoms with Gasteiger partial charge in [0.25, 0.3) is 0 Å². The zero-order valence-electron chi connectivity index (χ0n) is 10.3. The highest BCUT2D eigenvalue weighted by atomic mass is 79.9. The smallest absolute Gasteiger partial charge is 0.225 e. The minimum absolute atomic E-state index is 0.0400. The van der Waals surface area contributed by atoms with E-state index >= 15 is 0 Å². The predicted octanol–water partition coefficient (Wildman–Crippen LogP) is 3.09. The van der Waals surface area contributed by atoms with Crippen molar-refractivity contribution >= 4 is 27.5 Å². The van der Waals surface area contributed by atoms with E-state index in [-0.39, 0.29) is 5.91 Å². The van der Waals surface area contributed by atoms with Crippen LogP contribution in [0.3, 0.4) is 0 Å². The molecule has 0 saturated heterocycles. The molecular formula is C13H19BrN2O. The van der Waals surface area contributed by atoms with Crippen LogP contribution in [0.15, 0.2) is 22.7 Å². The van der Waals surface area contributed by atoms with Crippen molar-refractivity contribution in [2.45, 2.75) is 26.7 Å². The third kappa shape index (κ3) is 5.33. The zero-order chi connectivity index (χ0) is 12.7. The van der Waals surface area contributed by atoms with Crippen molar-refractivity contribution in [3.63, 3.8) is 0 Å². The van der Waals surface area contributed by atoms with Gasteiger partial charge in [-0.3, -0.25) is 4.79 Å². The number of carbonyl (C=O) groups excluding carboxylic acids is 1. The summed E-state index contributed by atoms with van der Waals surface area (Å²) in [6, 6.07) is 5.89. The van der Waals surface area contributed by atoms with Gasteiger partial charge >= 0.3 is 0 Å². The van der Waals surface area contributed by atoms with Crippen molar-refractivity contribution in [2.75, 3.05) is 18.4 Å². The van der Waals surface area contributed by atoms with E-state index in [9.17, 15) is 4.79 Å². The molecule has 1 amide bonds. The average Bonchev–Trinajstić information content (AvgIpc) is 2.28. The molecule has 94 valence electrons. The first-order chi connectivity index (χ1) is 8.13. The van der Waals surface area contributed by atoms with Crippen molar-refractivity contribution in [1.29, 1.82) is 0 Å². The number of aryl methyl sites for hydroxylation is 1. The van der Waals surface area contributed by atoms with E-state index in [2.05, 4.69) is 33.5 Å². The fraction of sp³-hybridized carbons (Fsp3) is 0.462. The summed E-state index contributed by atoms with van der Waals surface area (Å²) < 4.78 is 0.923. The van der Waals surface area contributed by atoms with Crippen LogP contribution in [0.2, 0.25) is 0 Å². The van der Waals surface area contributed by atoms with Gasteiger partial charge < -0.3 is 10.6 Å². The van der Waals surface area contributed by atoms with Crippen LogP contribution in [0.25, 0.3) is 0 Å². The topological polar surface area (TPSA) is 41.1 Å². The molecule has 1 rings (SSSR count). The molecule has 2 N–H and O–H groups in total. The van der Waals surface area contributed by atoms with Gasteiger partial charge in [0.15, 0.2) is 0 Å². The van der Waals surface area contributed by atoms with Gasteiger partial charge in [0.1, 0.15) is 0 Å². The maximum atomic E-state index is 11.6. The number of anilines is 1. The summed E-state index contributed by atoms with van der Waals surface area (Å²) in [5.74, 6) is 0.0400. The summed E-state index contributed by atoms with van der Waals surface area (Å²) >= 11 is 3.44. The summed E-state index contributed by atoms with van der Waals surface area (Å²) in [5.41, 5.74) is 2.00. The second kappa shape index (κ2) is 7.45. The maximum Gasteiger partial charge on any atom is 0.225 e. The van der Waals surface area contributed by atoms with Crippen LogP contribution in [-0.4, -0.2) is 19.0 Å². The third-order valence-corrected chi connectivity index (χ3v) is 3.01. The average molecular weight is 299 g/mol. The van der Waals surface area contributed by atoms with E-state index in [1.807, 2.05) is 25.1 Å². The molecule has 0 unspecified atom stereocenters. The lowest BCUT2D eigenvalue weighted by Crippen LogP contribution is -2.22. The molecule has 0 bridgehead atoms. The molecule has 0 spiro atoms. The molecule has 0 aromatic heterocycles. The monoisotopic (exact) mass is 298 g/mol. The number of nitrogens with one attached hydrogen (secondary N) is 2. The molecule has 0 saturated carbocycles. The van der Waals surface area contributed by atoms with Crippen molar-refractivity contribution in [1.82, 2.24) is 5.32 Å². The molecule has 0 heterocycles. The second-order valence-electron chi connectivity index (χ2n) is 4.03. The highest BCUT2D eigenvalue weighted by molar-refractivity contribution is 9.10. The Morgan fingerprint density at radius 3 is 2.76 bits per heavy atom. The van der Waals surface area contributed by atoms with Crippen molar-refractivity contribution in [2.24, 2.45) is 0 Å². The maximum absolute atomic E-state index is 11.6. The van der Waals surface area contributed by atoms with Gasteiger partial charge in [-0.1, -0.05) is 13.0 Å². The van der Waals surface area contributed by atoms with E-state index < -0.39 is 0 Å². The van der Waals surface area contributed by atoms with Gasteiger partial charge in [-0.15, -0.1) is 0 Å². The molecule has 3 nitrogen and oxygen atoms in total. The van der Waals surface area contributed by atoms with Gasteiger partial charge in [-0.2, -0.15) is 0 Å². The number of benzene rings is 1. The van der Waals surface area contributed by atoms with E-state index in [1.54, 1.807) is 0 Å². The predicted molar refractivity (Wildman–Crippen MR) is 75.3 cm³/mol. The molecule has 4 heteroatoms. The molecule has 0 radical (unpaired) electrons. The minimum Gasteiger partial charge on any atom is -0.325 e. The summed E-state index contributed by atoms with van der Waals surface area (Å²) in [6.45, 7) is 5.81. The van der Waals surface area contributed by atoms with Gasteiger partial charge in [0.05, 0.1) is 5.69 Å². The van der Waals surface area contributed by atoms with Crippen molar-refractivity contribution in [3.05, 3.63) is 28.2 Å². The Bertz CT molecular complexity index is 380. The van der Waals surface area contributed by atoms with Gasteiger partial charge in [-0.05, 0) is 53.5 Å². The first-order valence-corrected chi connectivity index (χ1v) is 6.69. The zero-order valence-corrected chi connectivity index (χ0v) is 11.9. The van der Waals surface area contributed by atoms with Crippen LogP contribution in [-0.2, 0) is 4.79 Å². The molecule has 0 fully saturated rings. The Kier molecular flexibility index (Phi) is 6.22. The summed E-state index contributed by atoms with van der Waals surface area (Å²) in [4.78, 5) is 11.6. The van der Waals surface area contributed by atoms with E-state index in [0.717, 1.165) is 29.7 Å². The lowest BCUT2D eigenvalue weighted by molar-refractivity contribution is -0.116. The quantitative estimate of drug-likeness (QED) is 0.793. The lowest BCUT2D eigenvalue weighted by atomic mass is 10.2. The van der Waals surface area contributed by atoms with Crippen LogP contribution in [0.5, 0.6) is 0 Å². The number of halogens is 1.